The second-order valence-electron chi connectivity index (χ2n) is 2.68. The van der Waals surface area contributed by atoms with Crippen LogP contribution in [0, 0.1) is 0 Å². The molecular formula is C9H21NO2. The van der Waals surface area contributed by atoms with Crippen molar-refractivity contribution in [2.45, 2.75) is 19.8 Å². The second-order valence-corrected chi connectivity index (χ2v) is 2.68. The van der Waals surface area contributed by atoms with Crippen molar-refractivity contribution in [3.05, 3.63) is 0 Å². The van der Waals surface area contributed by atoms with Crippen LogP contribution in [0.1, 0.15) is 19.8 Å². The van der Waals surface area contributed by atoms with E-state index in [4.69, 9.17) is 9.47 Å². The number of unbranched alkanes of at least 4 members (excludes halogenated alkanes) is 1. The Morgan fingerprint density at radius 1 is 1.00 bits per heavy atom. The van der Waals surface area contributed by atoms with E-state index in [1.54, 1.807) is 0 Å². The molecule has 0 unspecified atom stereocenters. The predicted molar refractivity (Wildman–Crippen MR) is 50.5 cm³/mol. The van der Waals surface area contributed by atoms with E-state index in [9.17, 15) is 0 Å². The normalized spacial score (nSPS) is 10.5. The van der Waals surface area contributed by atoms with Gasteiger partial charge in [-0.25, -0.2) is 0 Å². The van der Waals surface area contributed by atoms with Crippen LogP contribution in [0.3, 0.4) is 0 Å². The van der Waals surface area contributed by atoms with Crippen molar-refractivity contribution >= 4 is 0 Å². The topological polar surface area (TPSA) is 30.5 Å². The van der Waals surface area contributed by atoms with Crippen molar-refractivity contribution < 1.29 is 9.47 Å². The summed E-state index contributed by atoms with van der Waals surface area (Å²) in [6.45, 7) is 6.15. The fraction of sp³-hybridized carbons (Fsp3) is 1.00. The summed E-state index contributed by atoms with van der Waals surface area (Å²) < 4.78 is 10.6. The van der Waals surface area contributed by atoms with Crippen molar-refractivity contribution in [3.8, 4) is 0 Å². The van der Waals surface area contributed by atoms with Gasteiger partial charge in [0.05, 0.1) is 19.8 Å². The molecule has 3 heteroatoms. The number of hydrogen-bond donors (Lipinski definition) is 1. The monoisotopic (exact) mass is 175 g/mol. The molecule has 0 heterocycles. The lowest BCUT2D eigenvalue weighted by Gasteiger charge is -2.04. The van der Waals surface area contributed by atoms with E-state index in [0.717, 1.165) is 32.8 Å². The van der Waals surface area contributed by atoms with Crippen LogP contribution in [-0.4, -0.2) is 40.0 Å². The number of rotatable bonds is 9. The molecule has 0 aliphatic rings. The van der Waals surface area contributed by atoms with Crippen molar-refractivity contribution in [2.24, 2.45) is 0 Å². The number of hydrogen-bond acceptors (Lipinski definition) is 3. The minimum absolute atomic E-state index is 0.714. The molecule has 0 saturated carbocycles. The molecule has 0 rings (SSSR count). The first-order valence-electron chi connectivity index (χ1n) is 4.72. The predicted octanol–water partition coefficient (Wildman–Crippen LogP) is 1.04. The summed E-state index contributed by atoms with van der Waals surface area (Å²) in [4.78, 5) is 0. The Morgan fingerprint density at radius 2 is 1.67 bits per heavy atom. The molecule has 0 spiro atoms. The Morgan fingerprint density at radius 3 is 2.25 bits per heavy atom. The Kier molecular flexibility index (Phi) is 10.8. The molecule has 0 aromatic heterocycles. The van der Waals surface area contributed by atoms with Gasteiger partial charge >= 0.3 is 0 Å². The smallest absolute Gasteiger partial charge is 0.0701 e. The summed E-state index contributed by atoms with van der Waals surface area (Å²) in [5.74, 6) is 0. The van der Waals surface area contributed by atoms with E-state index >= 15 is 0 Å². The van der Waals surface area contributed by atoms with E-state index in [1.165, 1.54) is 6.42 Å². The van der Waals surface area contributed by atoms with Gasteiger partial charge in [0.25, 0.3) is 0 Å². The minimum atomic E-state index is 0.714. The average Bonchev–Trinajstić information content (AvgIpc) is 2.10. The Hall–Kier alpha value is -0.120. The lowest BCUT2D eigenvalue weighted by molar-refractivity contribution is 0.0482. The molecule has 3 nitrogen and oxygen atoms in total. The maximum atomic E-state index is 5.31. The van der Waals surface area contributed by atoms with Crippen LogP contribution < -0.4 is 5.32 Å². The van der Waals surface area contributed by atoms with E-state index < -0.39 is 0 Å². The molecule has 0 aliphatic carbocycles. The highest BCUT2D eigenvalue weighted by Gasteiger charge is 1.88. The molecular weight excluding hydrogens is 154 g/mol. The summed E-state index contributed by atoms with van der Waals surface area (Å²) in [6.07, 6.45) is 2.34. The standard InChI is InChI=1S/C9H21NO2/c1-3-4-6-11-8-9-12-7-5-10-2/h10H,3-9H2,1-2H3. The highest BCUT2D eigenvalue weighted by atomic mass is 16.5. The van der Waals surface area contributed by atoms with Gasteiger partial charge in [-0.3, -0.25) is 0 Å². The Bertz CT molecular complexity index is 68.9. The molecule has 0 fully saturated rings. The number of likely N-dealkylation sites (N-methyl/N-ethyl adjacent to an activating group) is 1. The number of nitrogens with one attached hydrogen (secondary N) is 1. The van der Waals surface area contributed by atoms with Crippen LogP contribution in [0.4, 0.5) is 0 Å². The van der Waals surface area contributed by atoms with E-state index in [-0.39, 0.29) is 0 Å². The lowest BCUT2D eigenvalue weighted by Crippen LogP contribution is -2.16. The summed E-state index contributed by atoms with van der Waals surface area (Å²) >= 11 is 0. The first kappa shape index (κ1) is 11.9. The van der Waals surface area contributed by atoms with Gasteiger partial charge in [0.1, 0.15) is 0 Å². The maximum Gasteiger partial charge on any atom is 0.0701 e. The third-order valence-corrected chi connectivity index (χ3v) is 1.51. The molecule has 0 atom stereocenters. The van der Waals surface area contributed by atoms with Gasteiger partial charge in [0.2, 0.25) is 0 Å². The van der Waals surface area contributed by atoms with Gasteiger partial charge in [0.15, 0.2) is 0 Å². The van der Waals surface area contributed by atoms with Gasteiger partial charge in [-0.05, 0) is 13.5 Å². The molecule has 0 amide bonds. The van der Waals surface area contributed by atoms with Crippen molar-refractivity contribution in [1.29, 1.82) is 0 Å². The molecule has 0 saturated heterocycles. The molecule has 74 valence electrons. The van der Waals surface area contributed by atoms with Crippen LogP contribution in [0.25, 0.3) is 0 Å². The molecule has 0 aliphatic heterocycles. The maximum absolute atomic E-state index is 5.31. The second kappa shape index (κ2) is 10.9. The molecule has 0 bridgehead atoms. The fourth-order valence-electron chi connectivity index (χ4n) is 0.743. The summed E-state index contributed by atoms with van der Waals surface area (Å²) in [5, 5.41) is 3.01. The zero-order chi connectivity index (χ0) is 9.07. The van der Waals surface area contributed by atoms with Gasteiger partial charge < -0.3 is 14.8 Å². The van der Waals surface area contributed by atoms with Gasteiger partial charge in [-0.15, -0.1) is 0 Å². The quantitative estimate of drug-likeness (QED) is 0.531. The van der Waals surface area contributed by atoms with Crippen LogP contribution in [0.2, 0.25) is 0 Å². The van der Waals surface area contributed by atoms with Crippen LogP contribution >= 0.6 is 0 Å². The molecule has 0 aromatic carbocycles. The van der Waals surface area contributed by atoms with Gasteiger partial charge in [0, 0.05) is 13.2 Å². The average molecular weight is 175 g/mol. The minimum Gasteiger partial charge on any atom is -0.379 e. The highest BCUT2D eigenvalue weighted by Crippen LogP contribution is 1.87. The Balaban J connectivity index is 2.73. The first-order chi connectivity index (χ1) is 5.91. The van der Waals surface area contributed by atoms with Crippen LogP contribution in [0.15, 0.2) is 0 Å². The summed E-state index contributed by atoms with van der Waals surface area (Å²) in [7, 11) is 1.92. The SMILES string of the molecule is CCCCOCCOCCNC. The molecule has 0 radical (unpaired) electrons. The van der Waals surface area contributed by atoms with Gasteiger partial charge in [-0.2, -0.15) is 0 Å². The molecule has 0 aromatic rings. The van der Waals surface area contributed by atoms with Crippen LogP contribution in [-0.2, 0) is 9.47 Å². The van der Waals surface area contributed by atoms with Crippen molar-refractivity contribution in [2.75, 3.05) is 40.0 Å². The highest BCUT2D eigenvalue weighted by molar-refractivity contribution is 4.37. The molecule has 12 heavy (non-hydrogen) atoms. The largest absolute Gasteiger partial charge is 0.379 e. The number of ether oxygens (including phenoxy) is 2. The summed E-state index contributed by atoms with van der Waals surface area (Å²) in [5.41, 5.74) is 0. The van der Waals surface area contributed by atoms with Crippen LogP contribution in [0.5, 0.6) is 0 Å². The van der Waals surface area contributed by atoms with E-state index in [0.29, 0.717) is 6.61 Å². The zero-order valence-corrected chi connectivity index (χ0v) is 8.27. The Labute approximate surface area is 75.4 Å². The third kappa shape index (κ3) is 9.88. The summed E-state index contributed by atoms with van der Waals surface area (Å²) in [6, 6.07) is 0. The van der Waals surface area contributed by atoms with E-state index in [2.05, 4.69) is 12.2 Å². The third-order valence-electron chi connectivity index (χ3n) is 1.51. The molecule has 1 N–H and O–H groups in total. The van der Waals surface area contributed by atoms with E-state index in [1.807, 2.05) is 7.05 Å². The zero-order valence-electron chi connectivity index (χ0n) is 8.27. The first-order valence-corrected chi connectivity index (χ1v) is 4.72. The fourth-order valence-corrected chi connectivity index (χ4v) is 0.743. The van der Waals surface area contributed by atoms with Crippen molar-refractivity contribution in [1.82, 2.24) is 5.32 Å². The lowest BCUT2D eigenvalue weighted by atomic mass is 10.4. The van der Waals surface area contributed by atoms with Gasteiger partial charge in [-0.1, -0.05) is 13.3 Å². The van der Waals surface area contributed by atoms with Crippen molar-refractivity contribution in [3.63, 3.8) is 0 Å².